The minimum atomic E-state index is -1.60. The van der Waals surface area contributed by atoms with Crippen LogP contribution in [0.5, 0.6) is 0 Å². The Morgan fingerprint density at radius 1 is 0.400 bits per heavy atom. The Kier molecular flexibility index (Phi) is 4.25. The average molecular weight is 423 g/mol. The molecular weight excluding hydrogens is 392 g/mol. The van der Waals surface area contributed by atoms with Gasteiger partial charge >= 0.3 is 0 Å². The summed E-state index contributed by atoms with van der Waals surface area (Å²) in [6.45, 7) is 15.0. The van der Waals surface area contributed by atoms with E-state index in [-0.39, 0.29) is 0 Å². The van der Waals surface area contributed by atoms with Gasteiger partial charge in [-0.1, -0.05) is 87.8 Å². The van der Waals surface area contributed by atoms with Gasteiger partial charge in [-0.05, 0) is 77.7 Å². The third-order valence-corrected chi connectivity index (χ3v) is 10.4. The SMILES string of the molecule is C[Si](C)(C)c1c2cc3ccccc3cc2c([Si](C)(C)C)c2cc3ccccc3cc12. The average Bonchev–Trinajstić information content (AvgIpc) is 2.67. The van der Waals surface area contributed by atoms with Crippen LogP contribution in [0.15, 0.2) is 72.8 Å². The standard InChI is InChI=1S/C28H30Si2/c1-29(2,3)27-23-15-19-11-7-9-13-21(19)17-25(23)28(30(4,5)6)26-18-22-14-10-8-12-20(22)16-24(26)27/h7-18H,1-6H3. The Morgan fingerprint density at radius 3 is 0.833 bits per heavy atom. The van der Waals surface area contributed by atoms with Crippen molar-refractivity contribution in [2.45, 2.75) is 39.3 Å². The molecule has 2 heteroatoms. The molecule has 0 aromatic heterocycles. The molecule has 0 saturated carbocycles. The first kappa shape index (κ1) is 19.5. The summed E-state index contributed by atoms with van der Waals surface area (Å²) < 4.78 is 0. The highest BCUT2D eigenvalue weighted by Crippen LogP contribution is 2.31. The summed E-state index contributed by atoms with van der Waals surface area (Å²) in [7, 11) is -3.21. The Bertz CT molecular complexity index is 1240. The molecule has 0 fully saturated rings. The van der Waals surface area contributed by atoms with E-state index < -0.39 is 16.1 Å². The zero-order valence-electron chi connectivity index (χ0n) is 18.9. The van der Waals surface area contributed by atoms with Gasteiger partial charge in [0.15, 0.2) is 0 Å². The third kappa shape index (κ3) is 3.01. The summed E-state index contributed by atoms with van der Waals surface area (Å²) in [5, 5.41) is 14.6. The number of hydrogen-bond donors (Lipinski definition) is 0. The number of benzene rings is 5. The largest absolute Gasteiger partial charge is 0.0792 e. The van der Waals surface area contributed by atoms with Crippen LogP contribution in [0.2, 0.25) is 39.3 Å². The van der Waals surface area contributed by atoms with Gasteiger partial charge in [0, 0.05) is 0 Å². The second-order valence-corrected chi connectivity index (χ2v) is 20.7. The minimum absolute atomic E-state index is 1.35. The molecule has 5 rings (SSSR count). The molecule has 0 amide bonds. The van der Waals surface area contributed by atoms with Gasteiger partial charge in [0.1, 0.15) is 0 Å². The van der Waals surface area contributed by atoms with Crippen LogP contribution in [0.3, 0.4) is 0 Å². The van der Waals surface area contributed by atoms with E-state index in [0.29, 0.717) is 0 Å². The van der Waals surface area contributed by atoms with Crippen LogP contribution >= 0.6 is 0 Å². The van der Waals surface area contributed by atoms with Crippen LogP contribution in [0.4, 0.5) is 0 Å². The quantitative estimate of drug-likeness (QED) is 0.205. The molecular formula is C28H30Si2. The third-order valence-electron chi connectivity index (χ3n) is 6.35. The van der Waals surface area contributed by atoms with Gasteiger partial charge in [-0.2, -0.15) is 0 Å². The van der Waals surface area contributed by atoms with Gasteiger partial charge in [0.2, 0.25) is 0 Å². The fourth-order valence-electron chi connectivity index (χ4n) is 5.21. The van der Waals surface area contributed by atoms with Crippen LogP contribution < -0.4 is 10.4 Å². The van der Waals surface area contributed by atoms with E-state index >= 15 is 0 Å². The Hall–Kier alpha value is -2.43. The molecule has 0 bridgehead atoms. The number of hydrogen-bond acceptors (Lipinski definition) is 0. The Labute approximate surface area is 181 Å². The highest BCUT2D eigenvalue weighted by molar-refractivity contribution is 6.95. The molecule has 0 radical (unpaired) electrons. The molecule has 5 aromatic carbocycles. The highest BCUT2D eigenvalue weighted by Gasteiger charge is 2.29. The fraction of sp³-hybridized carbons (Fsp3) is 0.214. The van der Waals surface area contributed by atoms with Gasteiger partial charge in [-0.15, -0.1) is 0 Å². The molecule has 5 aromatic rings. The molecule has 0 unspecified atom stereocenters. The topological polar surface area (TPSA) is 0 Å². The maximum atomic E-state index is 2.50. The smallest absolute Gasteiger partial charge is 0.0656 e. The van der Waals surface area contributed by atoms with Crippen molar-refractivity contribution in [3.05, 3.63) is 72.8 Å². The van der Waals surface area contributed by atoms with Gasteiger partial charge < -0.3 is 0 Å². The number of rotatable bonds is 2. The monoisotopic (exact) mass is 422 g/mol. The second kappa shape index (κ2) is 6.53. The van der Waals surface area contributed by atoms with E-state index in [1.807, 2.05) is 0 Å². The summed E-state index contributed by atoms with van der Waals surface area (Å²) in [6, 6.07) is 27.6. The lowest BCUT2D eigenvalue weighted by Crippen LogP contribution is -2.44. The van der Waals surface area contributed by atoms with Crippen molar-refractivity contribution in [1.82, 2.24) is 0 Å². The predicted molar refractivity (Wildman–Crippen MR) is 142 cm³/mol. The fourth-order valence-corrected chi connectivity index (χ4v) is 9.27. The van der Waals surface area contributed by atoms with Crippen molar-refractivity contribution >= 4 is 69.6 Å². The van der Waals surface area contributed by atoms with E-state index in [9.17, 15) is 0 Å². The number of fused-ring (bicyclic) bond motifs is 4. The lowest BCUT2D eigenvalue weighted by Gasteiger charge is -2.29. The first-order chi connectivity index (χ1) is 14.1. The van der Waals surface area contributed by atoms with E-state index in [1.54, 1.807) is 10.4 Å². The highest BCUT2D eigenvalue weighted by atomic mass is 28.3. The predicted octanol–water partition coefficient (Wildman–Crippen LogP) is 7.39. The van der Waals surface area contributed by atoms with Crippen LogP contribution in [-0.4, -0.2) is 16.1 Å². The Balaban J connectivity index is 2.14. The maximum absolute atomic E-state index is 2.50. The molecule has 0 N–H and O–H groups in total. The van der Waals surface area contributed by atoms with Crippen molar-refractivity contribution in [2.75, 3.05) is 0 Å². The molecule has 0 saturated heterocycles. The molecule has 0 nitrogen and oxygen atoms in total. The minimum Gasteiger partial charge on any atom is -0.0656 e. The van der Waals surface area contributed by atoms with Crippen LogP contribution in [0.1, 0.15) is 0 Å². The van der Waals surface area contributed by atoms with E-state index in [0.717, 1.165) is 0 Å². The van der Waals surface area contributed by atoms with Crippen molar-refractivity contribution in [3.8, 4) is 0 Å². The normalized spacial score (nSPS) is 13.0. The second-order valence-electron chi connectivity index (χ2n) is 10.7. The first-order valence-corrected chi connectivity index (χ1v) is 18.0. The van der Waals surface area contributed by atoms with E-state index in [2.05, 4.69) is 112 Å². The van der Waals surface area contributed by atoms with Crippen molar-refractivity contribution < 1.29 is 0 Å². The van der Waals surface area contributed by atoms with Crippen molar-refractivity contribution in [2.24, 2.45) is 0 Å². The van der Waals surface area contributed by atoms with Gasteiger partial charge in [-0.25, -0.2) is 0 Å². The van der Waals surface area contributed by atoms with Gasteiger partial charge in [0.25, 0.3) is 0 Å². The van der Waals surface area contributed by atoms with Gasteiger partial charge in [0.05, 0.1) is 16.1 Å². The van der Waals surface area contributed by atoms with Crippen LogP contribution in [-0.2, 0) is 0 Å². The molecule has 0 spiro atoms. The van der Waals surface area contributed by atoms with Crippen molar-refractivity contribution in [1.29, 1.82) is 0 Å². The lowest BCUT2D eigenvalue weighted by molar-refractivity contribution is 1.73. The summed E-state index contributed by atoms with van der Waals surface area (Å²) in [5.74, 6) is 0. The first-order valence-electron chi connectivity index (χ1n) is 11.0. The summed E-state index contributed by atoms with van der Waals surface area (Å²) in [6.07, 6.45) is 0. The van der Waals surface area contributed by atoms with Gasteiger partial charge in [-0.3, -0.25) is 0 Å². The Morgan fingerprint density at radius 2 is 0.633 bits per heavy atom. The lowest BCUT2D eigenvalue weighted by atomic mass is 9.97. The summed E-state index contributed by atoms with van der Waals surface area (Å²) in [4.78, 5) is 0. The molecule has 0 aliphatic heterocycles. The van der Waals surface area contributed by atoms with Crippen LogP contribution in [0.25, 0.3) is 43.1 Å². The molecule has 150 valence electrons. The van der Waals surface area contributed by atoms with E-state index in [4.69, 9.17) is 0 Å². The summed E-state index contributed by atoms with van der Waals surface area (Å²) >= 11 is 0. The summed E-state index contributed by atoms with van der Waals surface area (Å²) in [5.41, 5.74) is 0. The molecule has 0 aliphatic carbocycles. The van der Waals surface area contributed by atoms with Crippen molar-refractivity contribution in [3.63, 3.8) is 0 Å². The molecule has 30 heavy (non-hydrogen) atoms. The maximum Gasteiger partial charge on any atom is 0.0792 e. The zero-order valence-corrected chi connectivity index (χ0v) is 20.9. The zero-order chi connectivity index (χ0) is 21.3. The van der Waals surface area contributed by atoms with Crippen LogP contribution in [0, 0.1) is 0 Å². The molecule has 0 atom stereocenters. The molecule has 0 heterocycles. The van der Waals surface area contributed by atoms with E-state index in [1.165, 1.54) is 43.1 Å². The molecule has 0 aliphatic rings.